The van der Waals surface area contributed by atoms with E-state index in [0.29, 0.717) is 11.4 Å². The summed E-state index contributed by atoms with van der Waals surface area (Å²) < 4.78 is 24.4. The van der Waals surface area contributed by atoms with Gasteiger partial charge < -0.3 is 0 Å². The van der Waals surface area contributed by atoms with Gasteiger partial charge >= 0.3 is 0 Å². The van der Waals surface area contributed by atoms with Crippen molar-refractivity contribution in [2.75, 3.05) is 0 Å². The van der Waals surface area contributed by atoms with Crippen LogP contribution in [0.3, 0.4) is 0 Å². The lowest BCUT2D eigenvalue weighted by atomic mass is 10.1. The molecule has 0 bridgehead atoms. The van der Waals surface area contributed by atoms with Crippen LogP contribution in [0.2, 0.25) is 5.02 Å². The molecule has 0 heterocycles. The van der Waals surface area contributed by atoms with Crippen LogP contribution in [0.4, 0.5) is 8.78 Å². The number of hydrogen-bond acceptors (Lipinski definition) is 0. The highest BCUT2D eigenvalue weighted by molar-refractivity contribution is 6.30. The van der Waals surface area contributed by atoms with Crippen LogP contribution in [-0.4, -0.2) is 6.43 Å². The Morgan fingerprint density at radius 3 is 2.31 bits per heavy atom. The van der Waals surface area contributed by atoms with Gasteiger partial charge in [0.25, 0.3) is 0 Å². The molecule has 0 nitrogen and oxygen atoms in total. The molecule has 0 amide bonds. The van der Waals surface area contributed by atoms with E-state index in [9.17, 15) is 8.78 Å². The van der Waals surface area contributed by atoms with Gasteiger partial charge in [0, 0.05) is 10.9 Å². The van der Waals surface area contributed by atoms with Crippen LogP contribution in [0.1, 0.15) is 17.9 Å². The first-order valence-electron chi connectivity index (χ1n) is 4.22. The summed E-state index contributed by atoms with van der Waals surface area (Å²) in [5.74, 6) is -0.376. The molecule has 1 aliphatic rings. The van der Waals surface area contributed by atoms with Crippen molar-refractivity contribution in [1.82, 2.24) is 0 Å². The molecular weight excluding hydrogens is 194 g/mol. The monoisotopic (exact) mass is 202 g/mol. The predicted molar refractivity (Wildman–Crippen MR) is 48.3 cm³/mol. The van der Waals surface area contributed by atoms with Crippen molar-refractivity contribution >= 4 is 11.6 Å². The zero-order chi connectivity index (χ0) is 9.42. The van der Waals surface area contributed by atoms with Gasteiger partial charge in [-0.2, -0.15) is 0 Å². The molecule has 0 saturated heterocycles. The molecule has 0 aliphatic heterocycles. The standard InChI is InChI=1S/C10H9ClF2/c11-7-3-1-6(2-4-7)8-5-9(8)10(12)13/h1-4,8-10H,5H2. The van der Waals surface area contributed by atoms with E-state index in [1.807, 2.05) is 12.1 Å². The van der Waals surface area contributed by atoms with E-state index in [1.165, 1.54) is 0 Å². The minimum atomic E-state index is -2.18. The Hall–Kier alpha value is -0.630. The Labute approximate surface area is 80.5 Å². The molecule has 2 rings (SSSR count). The van der Waals surface area contributed by atoms with Crippen LogP contribution in [0, 0.1) is 5.92 Å². The zero-order valence-electron chi connectivity index (χ0n) is 6.88. The van der Waals surface area contributed by atoms with Crippen molar-refractivity contribution in [2.24, 2.45) is 5.92 Å². The Bertz CT molecular complexity index is 294. The summed E-state index contributed by atoms with van der Waals surface area (Å²) in [7, 11) is 0. The maximum atomic E-state index is 12.2. The first-order valence-corrected chi connectivity index (χ1v) is 4.60. The molecule has 2 unspecified atom stereocenters. The maximum Gasteiger partial charge on any atom is 0.242 e. The fourth-order valence-electron chi connectivity index (χ4n) is 1.59. The van der Waals surface area contributed by atoms with Gasteiger partial charge in [0.05, 0.1) is 0 Å². The third-order valence-corrected chi connectivity index (χ3v) is 2.71. The Morgan fingerprint density at radius 2 is 1.85 bits per heavy atom. The lowest BCUT2D eigenvalue weighted by Gasteiger charge is -1.99. The number of hydrogen-bond donors (Lipinski definition) is 0. The highest BCUT2D eigenvalue weighted by atomic mass is 35.5. The molecule has 3 heteroatoms. The van der Waals surface area contributed by atoms with Crippen molar-refractivity contribution in [1.29, 1.82) is 0 Å². The molecular formula is C10H9ClF2. The van der Waals surface area contributed by atoms with Crippen LogP contribution in [0.15, 0.2) is 24.3 Å². The van der Waals surface area contributed by atoms with Crippen molar-refractivity contribution in [2.45, 2.75) is 18.8 Å². The number of benzene rings is 1. The molecule has 70 valence electrons. The average Bonchev–Trinajstić information content (AvgIpc) is 2.85. The topological polar surface area (TPSA) is 0 Å². The molecule has 13 heavy (non-hydrogen) atoms. The number of alkyl halides is 2. The molecule has 1 saturated carbocycles. The van der Waals surface area contributed by atoms with Crippen LogP contribution >= 0.6 is 11.6 Å². The van der Waals surface area contributed by atoms with Gasteiger partial charge in [-0.3, -0.25) is 0 Å². The molecule has 1 aliphatic carbocycles. The van der Waals surface area contributed by atoms with Crippen molar-refractivity contribution < 1.29 is 8.78 Å². The van der Waals surface area contributed by atoms with Gasteiger partial charge in [0.1, 0.15) is 0 Å². The molecule has 0 radical (unpaired) electrons. The molecule has 2 atom stereocenters. The third-order valence-electron chi connectivity index (χ3n) is 2.46. The van der Waals surface area contributed by atoms with Crippen molar-refractivity contribution in [3.05, 3.63) is 34.9 Å². The second-order valence-corrected chi connectivity index (χ2v) is 3.83. The number of rotatable bonds is 2. The number of halogens is 3. The lowest BCUT2D eigenvalue weighted by molar-refractivity contribution is 0.120. The summed E-state index contributed by atoms with van der Waals surface area (Å²) in [6.07, 6.45) is -1.57. The highest BCUT2D eigenvalue weighted by Crippen LogP contribution is 2.50. The lowest BCUT2D eigenvalue weighted by Crippen LogP contribution is -1.94. The summed E-state index contributed by atoms with van der Waals surface area (Å²) in [5.41, 5.74) is 0.981. The van der Waals surface area contributed by atoms with Gasteiger partial charge in [-0.1, -0.05) is 23.7 Å². The van der Waals surface area contributed by atoms with Crippen LogP contribution < -0.4 is 0 Å². The Balaban J connectivity index is 2.08. The van der Waals surface area contributed by atoms with Gasteiger partial charge in [-0.05, 0) is 30.0 Å². The van der Waals surface area contributed by atoms with Gasteiger partial charge in [-0.25, -0.2) is 8.78 Å². The van der Waals surface area contributed by atoms with Gasteiger partial charge in [0.15, 0.2) is 0 Å². The van der Waals surface area contributed by atoms with Crippen LogP contribution in [-0.2, 0) is 0 Å². The van der Waals surface area contributed by atoms with Crippen LogP contribution in [0.5, 0.6) is 0 Å². The minimum Gasteiger partial charge on any atom is -0.210 e. The minimum absolute atomic E-state index is 0.0530. The second-order valence-electron chi connectivity index (χ2n) is 3.39. The van der Waals surface area contributed by atoms with E-state index >= 15 is 0 Å². The van der Waals surface area contributed by atoms with E-state index < -0.39 is 12.3 Å². The van der Waals surface area contributed by atoms with E-state index in [-0.39, 0.29) is 5.92 Å². The van der Waals surface area contributed by atoms with E-state index in [1.54, 1.807) is 12.1 Å². The second kappa shape index (κ2) is 3.26. The molecule has 1 fully saturated rings. The van der Waals surface area contributed by atoms with E-state index in [2.05, 4.69) is 0 Å². The Kier molecular flexibility index (Phi) is 2.24. The maximum absolute atomic E-state index is 12.2. The molecule has 1 aromatic rings. The summed E-state index contributed by atoms with van der Waals surface area (Å²) >= 11 is 5.69. The predicted octanol–water partition coefficient (Wildman–Crippen LogP) is 3.71. The molecule has 1 aromatic carbocycles. The largest absolute Gasteiger partial charge is 0.242 e. The average molecular weight is 203 g/mol. The quantitative estimate of drug-likeness (QED) is 0.686. The third kappa shape index (κ3) is 1.83. The Morgan fingerprint density at radius 1 is 1.23 bits per heavy atom. The first kappa shape index (κ1) is 8.95. The SMILES string of the molecule is FC(F)C1CC1c1ccc(Cl)cc1. The van der Waals surface area contributed by atoms with Crippen molar-refractivity contribution in [3.8, 4) is 0 Å². The smallest absolute Gasteiger partial charge is 0.210 e. The van der Waals surface area contributed by atoms with Gasteiger partial charge in [0.2, 0.25) is 6.43 Å². The first-order chi connectivity index (χ1) is 6.18. The van der Waals surface area contributed by atoms with E-state index in [0.717, 1.165) is 5.56 Å². The summed E-state index contributed by atoms with van der Waals surface area (Å²) in [6.45, 7) is 0. The summed E-state index contributed by atoms with van der Waals surface area (Å²) in [4.78, 5) is 0. The van der Waals surface area contributed by atoms with Crippen molar-refractivity contribution in [3.63, 3.8) is 0 Å². The van der Waals surface area contributed by atoms with Gasteiger partial charge in [-0.15, -0.1) is 0 Å². The summed E-state index contributed by atoms with van der Waals surface area (Å²) in [6, 6.07) is 7.15. The van der Waals surface area contributed by atoms with Crippen LogP contribution in [0.25, 0.3) is 0 Å². The molecule has 0 aromatic heterocycles. The molecule has 0 spiro atoms. The fraction of sp³-hybridized carbons (Fsp3) is 0.400. The normalized spacial score (nSPS) is 26.5. The summed E-state index contributed by atoms with van der Waals surface area (Å²) in [5, 5.41) is 0.651. The fourth-order valence-corrected chi connectivity index (χ4v) is 1.71. The zero-order valence-corrected chi connectivity index (χ0v) is 7.64. The molecule has 0 N–H and O–H groups in total. The van der Waals surface area contributed by atoms with E-state index in [4.69, 9.17) is 11.6 Å². The highest BCUT2D eigenvalue weighted by Gasteiger charge is 2.44.